The van der Waals surface area contributed by atoms with Gasteiger partial charge >= 0.3 is 0 Å². The molecule has 16 heavy (non-hydrogen) atoms. The molecule has 0 saturated heterocycles. The zero-order valence-corrected chi connectivity index (χ0v) is 9.74. The lowest BCUT2D eigenvalue weighted by Gasteiger charge is -2.22. The Bertz CT molecular complexity index is 280. The van der Waals surface area contributed by atoms with Crippen LogP contribution in [0, 0.1) is 5.92 Å². The predicted molar refractivity (Wildman–Crippen MR) is 62.9 cm³/mol. The Morgan fingerprint density at radius 2 is 2.19 bits per heavy atom. The predicted octanol–water partition coefficient (Wildman–Crippen LogP) is 1.76. The summed E-state index contributed by atoms with van der Waals surface area (Å²) in [7, 11) is 0. The van der Waals surface area contributed by atoms with Crippen LogP contribution in [-0.2, 0) is 4.79 Å². The second-order valence-corrected chi connectivity index (χ2v) is 5.18. The number of hydrogen-bond acceptors (Lipinski definition) is 2. The van der Waals surface area contributed by atoms with E-state index in [-0.39, 0.29) is 5.91 Å². The maximum atomic E-state index is 11.6. The first kappa shape index (κ1) is 11.6. The smallest absolute Gasteiger partial charge is 0.220 e. The fourth-order valence-corrected chi connectivity index (χ4v) is 2.65. The van der Waals surface area contributed by atoms with Gasteiger partial charge in [0.2, 0.25) is 5.91 Å². The van der Waals surface area contributed by atoms with Crippen LogP contribution < -0.4 is 5.32 Å². The Kier molecular flexibility index (Phi) is 3.64. The number of hydrogen-bond donors (Lipinski definition) is 2. The van der Waals surface area contributed by atoms with E-state index >= 15 is 0 Å². The molecule has 3 nitrogen and oxygen atoms in total. The maximum absolute atomic E-state index is 11.6. The van der Waals surface area contributed by atoms with Crippen LogP contribution in [0.3, 0.4) is 0 Å². The minimum Gasteiger partial charge on any atom is -0.388 e. The standard InChI is InChI=1S/C13H21NO2/c15-12(9-11-5-1-2-6-11)14-10-13(16)7-3-4-8-13/h1,5,11,16H,2-4,6-10H2,(H,14,15). The summed E-state index contributed by atoms with van der Waals surface area (Å²) in [4.78, 5) is 11.6. The molecule has 0 heterocycles. The average Bonchev–Trinajstić information content (AvgIpc) is 2.88. The van der Waals surface area contributed by atoms with Crippen molar-refractivity contribution in [3.63, 3.8) is 0 Å². The maximum Gasteiger partial charge on any atom is 0.220 e. The third-order valence-corrected chi connectivity index (χ3v) is 3.71. The van der Waals surface area contributed by atoms with Gasteiger partial charge in [0.15, 0.2) is 0 Å². The van der Waals surface area contributed by atoms with Gasteiger partial charge in [0.1, 0.15) is 0 Å². The van der Waals surface area contributed by atoms with Crippen LogP contribution >= 0.6 is 0 Å². The monoisotopic (exact) mass is 223 g/mol. The minimum atomic E-state index is -0.624. The minimum absolute atomic E-state index is 0.0804. The fourth-order valence-electron chi connectivity index (χ4n) is 2.65. The molecular weight excluding hydrogens is 202 g/mol. The van der Waals surface area contributed by atoms with Gasteiger partial charge in [-0.1, -0.05) is 25.0 Å². The van der Waals surface area contributed by atoms with Crippen molar-refractivity contribution in [2.24, 2.45) is 5.92 Å². The summed E-state index contributed by atoms with van der Waals surface area (Å²) in [5.74, 6) is 0.495. The second-order valence-electron chi connectivity index (χ2n) is 5.18. The molecule has 0 aromatic heterocycles. The van der Waals surface area contributed by atoms with Crippen LogP contribution in [0.5, 0.6) is 0 Å². The van der Waals surface area contributed by atoms with E-state index < -0.39 is 5.60 Å². The Morgan fingerprint density at radius 3 is 2.81 bits per heavy atom. The molecule has 1 amide bonds. The Morgan fingerprint density at radius 1 is 1.44 bits per heavy atom. The molecule has 1 atom stereocenters. The van der Waals surface area contributed by atoms with Crippen LogP contribution in [0.4, 0.5) is 0 Å². The van der Waals surface area contributed by atoms with Gasteiger partial charge in [-0.3, -0.25) is 4.79 Å². The first-order valence-electron chi connectivity index (χ1n) is 6.34. The number of carbonyl (C=O) groups is 1. The molecule has 1 fully saturated rings. The van der Waals surface area contributed by atoms with Crippen LogP contribution in [-0.4, -0.2) is 23.2 Å². The van der Waals surface area contributed by atoms with E-state index in [1.54, 1.807) is 0 Å². The van der Waals surface area contributed by atoms with Gasteiger partial charge in [-0.05, 0) is 31.6 Å². The molecule has 0 radical (unpaired) electrons. The van der Waals surface area contributed by atoms with Crippen molar-refractivity contribution in [1.29, 1.82) is 0 Å². The van der Waals surface area contributed by atoms with Gasteiger partial charge in [-0.15, -0.1) is 0 Å². The highest BCUT2D eigenvalue weighted by molar-refractivity contribution is 5.76. The van der Waals surface area contributed by atoms with Crippen LogP contribution in [0.1, 0.15) is 44.9 Å². The molecule has 0 aromatic carbocycles. The summed E-state index contributed by atoms with van der Waals surface area (Å²) >= 11 is 0. The first-order chi connectivity index (χ1) is 7.68. The van der Waals surface area contributed by atoms with Gasteiger partial charge < -0.3 is 10.4 Å². The summed E-state index contributed by atoms with van der Waals surface area (Å²) in [6.07, 6.45) is 10.9. The summed E-state index contributed by atoms with van der Waals surface area (Å²) in [6, 6.07) is 0. The molecule has 2 N–H and O–H groups in total. The van der Waals surface area contributed by atoms with E-state index in [0.717, 1.165) is 38.5 Å². The Hall–Kier alpha value is -0.830. The molecule has 90 valence electrons. The quantitative estimate of drug-likeness (QED) is 0.714. The highest BCUT2D eigenvalue weighted by Crippen LogP contribution is 2.28. The van der Waals surface area contributed by atoms with E-state index in [1.165, 1.54) is 0 Å². The summed E-state index contributed by atoms with van der Waals surface area (Å²) in [5, 5.41) is 12.9. The topological polar surface area (TPSA) is 49.3 Å². The van der Waals surface area contributed by atoms with Crippen LogP contribution in [0.15, 0.2) is 12.2 Å². The molecule has 2 aliphatic carbocycles. The lowest BCUT2D eigenvalue weighted by atomic mass is 10.0. The van der Waals surface area contributed by atoms with Crippen molar-refractivity contribution in [2.75, 3.05) is 6.54 Å². The zero-order valence-electron chi connectivity index (χ0n) is 9.74. The van der Waals surface area contributed by atoms with Crippen molar-refractivity contribution >= 4 is 5.91 Å². The number of allylic oxidation sites excluding steroid dienone is 2. The van der Waals surface area contributed by atoms with E-state index in [0.29, 0.717) is 18.9 Å². The lowest BCUT2D eigenvalue weighted by Crippen LogP contribution is -2.41. The van der Waals surface area contributed by atoms with Crippen molar-refractivity contribution < 1.29 is 9.90 Å². The van der Waals surface area contributed by atoms with Crippen LogP contribution in [0.25, 0.3) is 0 Å². The molecule has 0 bridgehead atoms. The molecular formula is C13H21NO2. The lowest BCUT2D eigenvalue weighted by molar-refractivity contribution is -0.122. The van der Waals surface area contributed by atoms with Crippen molar-refractivity contribution in [1.82, 2.24) is 5.32 Å². The van der Waals surface area contributed by atoms with Gasteiger partial charge in [0.25, 0.3) is 0 Å². The van der Waals surface area contributed by atoms with Gasteiger partial charge in [-0.2, -0.15) is 0 Å². The van der Waals surface area contributed by atoms with Gasteiger partial charge in [0, 0.05) is 13.0 Å². The number of amides is 1. The summed E-state index contributed by atoms with van der Waals surface area (Å²) in [6.45, 7) is 0.433. The largest absolute Gasteiger partial charge is 0.388 e. The fraction of sp³-hybridized carbons (Fsp3) is 0.769. The molecule has 1 saturated carbocycles. The number of carbonyl (C=O) groups excluding carboxylic acids is 1. The van der Waals surface area contributed by atoms with Crippen molar-refractivity contribution in [2.45, 2.75) is 50.5 Å². The molecule has 2 aliphatic rings. The van der Waals surface area contributed by atoms with Gasteiger partial charge in [-0.25, -0.2) is 0 Å². The summed E-state index contributed by atoms with van der Waals surface area (Å²) < 4.78 is 0. The van der Waals surface area contributed by atoms with E-state index in [2.05, 4.69) is 17.5 Å². The van der Waals surface area contributed by atoms with E-state index in [9.17, 15) is 9.90 Å². The Labute approximate surface area is 96.9 Å². The first-order valence-corrected chi connectivity index (χ1v) is 6.34. The van der Waals surface area contributed by atoms with Crippen molar-refractivity contribution in [3.05, 3.63) is 12.2 Å². The third-order valence-electron chi connectivity index (χ3n) is 3.71. The summed E-state index contributed by atoms with van der Waals surface area (Å²) in [5.41, 5.74) is -0.624. The SMILES string of the molecule is O=C(CC1C=CCC1)NCC1(O)CCCC1. The third kappa shape index (κ3) is 3.08. The molecule has 0 aliphatic heterocycles. The number of rotatable bonds is 4. The van der Waals surface area contributed by atoms with Gasteiger partial charge in [0.05, 0.1) is 5.60 Å². The molecule has 1 unspecified atom stereocenters. The zero-order chi connectivity index (χ0) is 11.4. The number of aliphatic hydroxyl groups is 1. The second kappa shape index (κ2) is 5.00. The molecule has 0 aromatic rings. The van der Waals surface area contributed by atoms with E-state index in [1.807, 2.05) is 0 Å². The molecule has 2 rings (SSSR count). The molecule has 3 heteroatoms. The van der Waals surface area contributed by atoms with E-state index in [4.69, 9.17) is 0 Å². The normalized spacial score (nSPS) is 27.2. The average molecular weight is 223 g/mol. The molecule has 0 spiro atoms. The Balaban J connectivity index is 1.68. The highest BCUT2D eigenvalue weighted by atomic mass is 16.3. The van der Waals surface area contributed by atoms with Crippen molar-refractivity contribution in [3.8, 4) is 0 Å². The highest BCUT2D eigenvalue weighted by Gasteiger charge is 2.31. The van der Waals surface area contributed by atoms with Crippen LogP contribution in [0.2, 0.25) is 0 Å². The number of nitrogens with one attached hydrogen (secondary N) is 1.